The van der Waals surface area contributed by atoms with Gasteiger partial charge in [-0.05, 0) is 76.5 Å². The summed E-state index contributed by atoms with van der Waals surface area (Å²) in [5.41, 5.74) is -5.68. The molecular formula is Cl24N2P6. The van der Waals surface area contributed by atoms with Gasteiger partial charge in [0.1, 0.15) is 0 Å². The van der Waals surface area contributed by atoms with Gasteiger partial charge in [0.05, 0.1) is 0 Å². The van der Waals surface area contributed by atoms with E-state index in [0.29, 0.717) is 0 Å². The maximum absolute atomic E-state index is 5.27. The Morgan fingerprint density at radius 1 is 0.375 bits per heavy atom. The molecule has 2 nitrogen and oxygen atoms in total. The zero-order valence-corrected chi connectivity index (χ0v) is 36.2. The van der Waals surface area contributed by atoms with Gasteiger partial charge in [0.15, 0.2) is 67.4 Å². The van der Waals surface area contributed by atoms with Crippen molar-refractivity contribution in [3.63, 3.8) is 0 Å². The summed E-state index contributed by atoms with van der Waals surface area (Å²) in [6.45, 7) is 0. The third kappa shape index (κ3) is 127. The Labute approximate surface area is 298 Å². The molecule has 0 heterocycles. The van der Waals surface area contributed by atoms with Crippen LogP contribution in [0.4, 0.5) is 0 Å². The summed E-state index contributed by atoms with van der Waals surface area (Å²) in [6, 6.07) is 0. The van der Waals surface area contributed by atoms with Crippen molar-refractivity contribution < 1.29 is 0 Å². The topological polar surface area (TPSA) is 24.7 Å². The molecule has 32 heavy (non-hydrogen) atoms. The van der Waals surface area contributed by atoms with Gasteiger partial charge >= 0.3 is 150 Å². The van der Waals surface area contributed by atoms with Gasteiger partial charge in [-0.1, -0.05) is 0 Å². The van der Waals surface area contributed by atoms with E-state index in [1.165, 1.54) is 0 Å². The second-order valence-corrected chi connectivity index (χ2v) is 82.2. The number of rotatable bonds is 2. The molecule has 0 unspecified atom stereocenters. The van der Waals surface area contributed by atoms with Crippen LogP contribution < -0.4 is 0 Å². The fourth-order valence-corrected chi connectivity index (χ4v) is 18.6. The van der Waals surface area contributed by atoms with E-state index < -0.39 is 25.3 Å². The zero-order valence-electron chi connectivity index (χ0n) is 12.6. The fourth-order valence-electron chi connectivity index (χ4n) is 0.230. The van der Waals surface area contributed by atoms with Crippen molar-refractivity contribution in [2.45, 2.75) is 0 Å². The average Bonchev–Trinajstić information content (AvgIpc) is 1.88. The molecule has 0 aliphatic rings. The van der Waals surface area contributed by atoms with Crippen LogP contribution in [0, 0.1) is 0 Å². The van der Waals surface area contributed by atoms with Crippen LogP contribution in [0.15, 0.2) is 9.03 Å². The van der Waals surface area contributed by atoms with Gasteiger partial charge in [0.25, 0.3) is 10.2 Å². The molecule has 0 aromatic rings. The first-order chi connectivity index (χ1) is 12.3. The number of hydrogen-bond donors (Lipinski definition) is 0. The van der Waals surface area contributed by atoms with E-state index >= 15 is 0 Å². The summed E-state index contributed by atoms with van der Waals surface area (Å²) in [5.74, 6) is 0. The van der Waals surface area contributed by atoms with Crippen molar-refractivity contribution in [1.29, 1.82) is 0 Å². The Hall–Kier alpha value is 9.14. The predicted octanol–water partition coefficient (Wildman–Crippen LogP) is 22.1. The molecule has 0 fully saturated rings. The minimum atomic E-state index is -4.82. The van der Waals surface area contributed by atoms with Crippen LogP contribution in [0.1, 0.15) is 0 Å². The summed E-state index contributed by atoms with van der Waals surface area (Å²) < 4.78 is -2.94. The zero-order chi connectivity index (χ0) is 28.2. The molecule has 0 radical (unpaired) electrons. The third-order valence-corrected chi connectivity index (χ3v) is 11.0. The van der Waals surface area contributed by atoms with Crippen molar-refractivity contribution >= 4 is 295 Å². The second kappa shape index (κ2) is 14.5. The van der Waals surface area contributed by atoms with Crippen LogP contribution in [-0.2, 0) is 0 Å². The van der Waals surface area contributed by atoms with Gasteiger partial charge < -0.3 is 0 Å². The normalized spacial score (nSPS) is 17.8. The molecule has 0 amide bonds. The summed E-state index contributed by atoms with van der Waals surface area (Å²) >= 11 is 123. The molecule has 0 saturated carbocycles. The molecule has 0 aliphatic carbocycles. The molecule has 32 heteroatoms. The molecule has 0 spiro atoms. The first kappa shape index (κ1) is 48.1. The van der Waals surface area contributed by atoms with Crippen LogP contribution in [-0.4, -0.2) is 0 Å². The van der Waals surface area contributed by atoms with Crippen LogP contribution in [0.2, 0.25) is 0 Å². The monoisotopic (exact) mass is 1050 g/mol. The molecule has 0 rings (SSSR count). The Balaban J connectivity index is -0.000000165. The molecule has 208 valence electrons. The summed E-state index contributed by atoms with van der Waals surface area (Å²) in [7, 11) is 0. The Morgan fingerprint density at radius 3 is 0.469 bits per heavy atom. The number of nitrogens with zero attached hydrogens (tertiary/aromatic N) is 2. The van der Waals surface area contributed by atoms with Gasteiger partial charge in [0, 0.05) is 0 Å². The van der Waals surface area contributed by atoms with E-state index in [2.05, 4.69) is 9.03 Å². The van der Waals surface area contributed by atoms with E-state index in [1.54, 1.807) is 0 Å². The van der Waals surface area contributed by atoms with Gasteiger partial charge in [-0.3, -0.25) is 0 Å². The van der Waals surface area contributed by atoms with E-state index in [0.717, 1.165) is 0 Å². The van der Waals surface area contributed by atoms with E-state index in [9.17, 15) is 0 Å². The summed E-state index contributed by atoms with van der Waals surface area (Å²) in [5, 5.41) is -5.68. The van der Waals surface area contributed by atoms with Crippen molar-refractivity contribution in [3.05, 3.63) is 0 Å². The van der Waals surface area contributed by atoms with Gasteiger partial charge in [0.2, 0.25) is 0 Å². The minimum absolute atomic E-state index is 2.84. The predicted molar refractivity (Wildman–Crippen MR) is 187 cm³/mol. The average molecular weight is 1060 g/mol. The summed E-state index contributed by atoms with van der Waals surface area (Å²) in [6.07, 6.45) is 0. The molecule has 0 saturated heterocycles. The molecule has 0 aromatic heterocycles. The van der Waals surface area contributed by atoms with Crippen molar-refractivity contribution in [3.8, 4) is 0 Å². The van der Waals surface area contributed by atoms with Gasteiger partial charge in [-0.25, -0.2) is 0 Å². The van der Waals surface area contributed by atoms with Crippen LogP contribution in [0.25, 0.3) is 0 Å². The molecule has 0 N–H and O–H groups in total. The number of halogens is 24. The summed E-state index contributed by atoms with van der Waals surface area (Å²) in [4.78, 5) is 0. The Bertz CT molecular complexity index is 584. The second-order valence-electron chi connectivity index (χ2n) is 3.77. The fraction of sp³-hybridized carbons (Fsp3) is 0. The molecule has 0 aromatic carbocycles. The molecule has 0 aliphatic heterocycles. The maximum atomic E-state index is 5.27. The number of hydrogen-bond acceptors (Lipinski definition) is 2. The van der Waals surface area contributed by atoms with E-state index in [-0.39, 0.29) is 0 Å². The van der Waals surface area contributed by atoms with Gasteiger partial charge in [-0.2, -0.15) is 0 Å². The molecule has 0 bridgehead atoms. The van der Waals surface area contributed by atoms with Crippen molar-refractivity contribution in [2.24, 2.45) is 9.03 Å². The first-order valence-electron chi connectivity index (χ1n) is 4.86. The van der Waals surface area contributed by atoms with Crippen LogP contribution in [0.3, 0.4) is 0 Å². The first-order valence-corrected chi connectivity index (χ1v) is 38.9. The van der Waals surface area contributed by atoms with Crippen molar-refractivity contribution in [2.75, 3.05) is 0 Å². The quantitative estimate of drug-likeness (QED) is 0.246. The standard InChI is InChI=1S/2Cl6NP2.2Cl6P/c2*1-8(2,3)7-9(4,5)6;2*1-7(2,3,4,5)6/q2*+1;2*-1. The molecular weight excluding hydrogens is 1060 g/mol. The van der Waals surface area contributed by atoms with Crippen molar-refractivity contribution in [1.82, 2.24) is 0 Å². The Kier molecular flexibility index (Phi) is 21.8. The van der Waals surface area contributed by atoms with Crippen LogP contribution in [0.5, 0.6) is 0 Å². The third-order valence-electron chi connectivity index (χ3n) is 0.406. The van der Waals surface area contributed by atoms with E-state index in [4.69, 9.17) is 270 Å². The Morgan fingerprint density at radius 2 is 0.469 bits per heavy atom. The SMILES string of the molecule is ClP(Cl)(Cl)=N[P+](Cl)(Cl)Cl.ClP(Cl)(Cl)=N[P+](Cl)(Cl)Cl.Cl[P-](Cl)(Cl)(Cl)(Cl)Cl.Cl[P-](Cl)(Cl)(Cl)(Cl)Cl. The van der Waals surface area contributed by atoms with Crippen LogP contribution >= 0.6 is 295 Å². The van der Waals surface area contributed by atoms with Gasteiger partial charge in [-0.15, -0.1) is 0 Å². The molecule has 0 atom stereocenters. The van der Waals surface area contributed by atoms with E-state index in [1.807, 2.05) is 0 Å².